The van der Waals surface area contributed by atoms with Gasteiger partial charge in [-0.25, -0.2) is 0 Å². The van der Waals surface area contributed by atoms with Crippen molar-refractivity contribution in [3.8, 4) is 0 Å². The SMILES string of the molecule is CCNC(=NCCOCC(C)C)N1CCN(c2cccs2)CC1.I. The first-order chi connectivity index (χ1) is 11.2. The third-order valence-corrected chi connectivity index (χ3v) is 4.61. The molecule has 24 heavy (non-hydrogen) atoms. The highest BCUT2D eigenvalue weighted by Crippen LogP contribution is 2.22. The summed E-state index contributed by atoms with van der Waals surface area (Å²) in [5.41, 5.74) is 0. The van der Waals surface area contributed by atoms with E-state index in [0.29, 0.717) is 12.5 Å². The Morgan fingerprint density at radius 2 is 2.08 bits per heavy atom. The summed E-state index contributed by atoms with van der Waals surface area (Å²) < 4.78 is 5.62. The minimum atomic E-state index is 0. The van der Waals surface area contributed by atoms with Crippen molar-refractivity contribution in [2.75, 3.05) is 57.4 Å². The van der Waals surface area contributed by atoms with Crippen LogP contribution in [-0.4, -0.2) is 63.3 Å². The topological polar surface area (TPSA) is 40.1 Å². The molecule has 2 heterocycles. The lowest BCUT2D eigenvalue weighted by Gasteiger charge is -2.37. The highest BCUT2D eigenvalue weighted by atomic mass is 127. The van der Waals surface area contributed by atoms with Crippen molar-refractivity contribution in [1.29, 1.82) is 0 Å². The van der Waals surface area contributed by atoms with Crippen molar-refractivity contribution >= 4 is 46.3 Å². The maximum absolute atomic E-state index is 5.62. The molecule has 0 spiro atoms. The lowest BCUT2D eigenvalue weighted by atomic mass is 10.2. The summed E-state index contributed by atoms with van der Waals surface area (Å²) in [6.07, 6.45) is 0. The van der Waals surface area contributed by atoms with Gasteiger partial charge in [-0.15, -0.1) is 35.3 Å². The van der Waals surface area contributed by atoms with Gasteiger partial charge in [-0.05, 0) is 30.4 Å². The van der Waals surface area contributed by atoms with E-state index in [1.165, 1.54) is 5.00 Å². The third kappa shape index (κ3) is 7.14. The lowest BCUT2D eigenvalue weighted by Crippen LogP contribution is -2.52. The summed E-state index contributed by atoms with van der Waals surface area (Å²) in [6, 6.07) is 4.32. The second-order valence-corrected chi connectivity index (χ2v) is 7.06. The zero-order chi connectivity index (χ0) is 16.5. The van der Waals surface area contributed by atoms with Crippen LogP contribution in [0.15, 0.2) is 22.5 Å². The zero-order valence-electron chi connectivity index (χ0n) is 15.0. The summed E-state index contributed by atoms with van der Waals surface area (Å²) in [4.78, 5) is 9.52. The third-order valence-electron chi connectivity index (χ3n) is 3.68. The van der Waals surface area contributed by atoms with Crippen LogP contribution >= 0.6 is 35.3 Å². The van der Waals surface area contributed by atoms with Gasteiger partial charge in [-0.1, -0.05) is 13.8 Å². The van der Waals surface area contributed by atoms with Gasteiger partial charge in [0.25, 0.3) is 0 Å². The number of aliphatic imine (C=N–C) groups is 1. The van der Waals surface area contributed by atoms with E-state index in [4.69, 9.17) is 9.73 Å². The molecule has 1 fully saturated rings. The molecule has 0 atom stereocenters. The number of nitrogens with one attached hydrogen (secondary N) is 1. The molecule has 1 aromatic heterocycles. The summed E-state index contributed by atoms with van der Waals surface area (Å²) in [6.45, 7) is 13.7. The quantitative estimate of drug-likeness (QED) is 0.290. The fourth-order valence-electron chi connectivity index (χ4n) is 2.55. The van der Waals surface area contributed by atoms with Crippen LogP contribution in [0.2, 0.25) is 0 Å². The fourth-order valence-corrected chi connectivity index (χ4v) is 3.33. The number of piperazine rings is 1. The van der Waals surface area contributed by atoms with E-state index in [1.54, 1.807) is 0 Å². The number of anilines is 1. The Hall–Kier alpha value is -0.540. The van der Waals surface area contributed by atoms with Crippen molar-refractivity contribution < 1.29 is 4.74 Å². The Bertz CT molecular complexity index is 459. The van der Waals surface area contributed by atoms with E-state index in [9.17, 15) is 0 Å². The van der Waals surface area contributed by atoms with Crippen LogP contribution in [0.5, 0.6) is 0 Å². The Morgan fingerprint density at radius 1 is 1.33 bits per heavy atom. The van der Waals surface area contributed by atoms with E-state index in [0.717, 1.165) is 51.8 Å². The molecule has 1 saturated heterocycles. The van der Waals surface area contributed by atoms with E-state index in [2.05, 4.69) is 53.4 Å². The number of halogens is 1. The van der Waals surface area contributed by atoms with Gasteiger partial charge in [0, 0.05) is 39.3 Å². The molecule has 0 amide bonds. The van der Waals surface area contributed by atoms with E-state index in [1.807, 2.05) is 11.3 Å². The molecule has 0 aliphatic carbocycles. The molecule has 138 valence electrons. The fraction of sp³-hybridized carbons (Fsp3) is 0.706. The number of ether oxygens (including phenoxy) is 1. The summed E-state index contributed by atoms with van der Waals surface area (Å²) >= 11 is 1.82. The maximum Gasteiger partial charge on any atom is 0.194 e. The van der Waals surface area contributed by atoms with E-state index >= 15 is 0 Å². The molecule has 0 radical (unpaired) electrons. The number of guanidine groups is 1. The first-order valence-electron chi connectivity index (χ1n) is 8.60. The molecular formula is C17H31IN4OS. The Labute approximate surface area is 167 Å². The predicted octanol–water partition coefficient (Wildman–Crippen LogP) is 3.13. The van der Waals surface area contributed by atoms with Crippen LogP contribution in [0, 0.1) is 5.92 Å². The van der Waals surface area contributed by atoms with Gasteiger partial charge < -0.3 is 19.9 Å². The van der Waals surface area contributed by atoms with Crippen LogP contribution < -0.4 is 10.2 Å². The van der Waals surface area contributed by atoms with Crippen LogP contribution in [-0.2, 0) is 4.74 Å². The number of thiophene rings is 1. The largest absolute Gasteiger partial charge is 0.379 e. The Kier molecular flexibility index (Phi) is 10.7. The van der Waals surface area contributed by atoms with Crippen molar-refractivity contribution in [2.45, 2.75) is 20.8 Å². The smallest absolute Gasteiger partial charge is 0.194 e. The van der Waals surface area contributed by atoms with Gasteiger partial charge in [-0.2, -0.15) is 0 Å². The van der Waals surface area contributed by atoms with E-state index in [-0.39, 0.29) is 24.0 Å². The molecule has 1 aromatic rings. The second-order valence-electron chi connectivity index (χ2n) is 6.13. The average molecular weight is 466 g/mol. The highest BCUT2D eigenvalue weighted by Gasteiger charge is 2.20. The highest BCUT2D eigenvalue weighted by molar-refractivity contribution is 14.0. The van der Waals surface area contributed by atoms with Gasteiger partial charge in [0.05, 0.1) is 18.2 Å². The Morgan fingerprint density at radius 3 is 2.67 bits per heavy atom. The average Bonchev–Trinajstić information content (AvgIpc) is 3.08. The number of nitrogens with zero attached hydrogens (tertiary/aromatic N) is 3. The molecule has 5 nitrogen and oxygen atoms in total. The number of hydrogen-bond donors (Lipinski definition) is 1. The molecule has 2 rings (SSSR count). The van der Waals surface area contributed by atoms with Crippen molar-refractivity contribution in [2.24, 2.45) is 10.9 Å². The Balaban J connectivity index is 0.00000288. The summed E-state index contributed by atoms with van der Waals surface area (Å²) in [7, 11) is 0. The monoisotopic (exact) mass is 466 g/mol. The summed E-state index contributed by atoms with van der Waals surface area (Å²) in [5.74, 6) is 1.60. The van der Waals surface area contributed by atoms with Crippen molar-refractivity contribution in [1.82, 2.24) is 10.2 Å². The number of hydrogen-bond acceptors (Lipinski definition) is 4. The van der Waals surface area contributed by atoms with Crippen molar-refractivity contribution in [3.63, 3.8) is 0 Å². The van der Waals surface area contributed by atoms with Gasteiger partial charge in [0.15, 0.2) is 5.96 Å². The van der Waals surface area contributed by atoms with Crippen LogP contribution in [0.25, 0.3) is 0 Å². The molecule has 1 aliphatic heterocycles. The van der Waals surface area contributed by atoms with Gasteiger partial charge in [0.2, 0.25) is 0 Å². The predicted molar refractivity (Wildman–Crippen MR) is 115 cm³/mol. The van der Waals surface area contributed by atoms with Gasteiger partial charge in [0.1, 0.15) is 0 Å². The minimum absolute atomic E-state index is 0. The van der Waals surface area contributed by atoms with Gasteiger partial charge >= 0.3 is 0 Å². The normalized spacial score (nSPS) is 15.6. The molecule has 0 saturated carbocycles. The van der Waals surface area contributed by atoms with Crippen LogP contribution in [0.4, 0.5) is 5.00 Å². The molecule has 7 heteroatoms. The standard InChI is InChI=1S/C17H30N4OS.HI/c1-4-18-17(19-7-12-22-14-15(2)3)21-10-8-20(9-11-21)16-6-5-13-23-16;/h5-6,13,15H,4,7-12,14H2,1-3H3,(H,18,19);1H. The molecule has 0 unspecified atom stereocenters. The lowest BCUT2D eigenvalue weighted by molar-refractivity contribution is 0.116. The van der Waals surface area contributed by atoms with Gasteiger partial charge in [-0.3, -0.25) is 4.99 Å². The molecular weight excluding hydrogens is 435 g/mol. The van der Waals surface area contributed by atoms with Crippen molar-refractivity contribution in [3.05, 3.63) is 17.5 Å². The zero-order valence-corrected chi connectivity index (χ0v) is 18.2. The van der Waals surface area contributed by atoms with E-state index < -0.39 is 0 Å². The number of rotatable bonds is 7. The maximum atomic E-state index is 5.62. The van der Waals surface area contributed by atoms with Crippen LogP contribution in [0.3, 0.4) is 0 Å². The first kappa shape index (κ1) is 21.5. The molecule has 1 N–H and O–H groups in total. The minimum Gasteiger partial charge on any atom is -0.379 e. The first-order valence-corrected chi connectivity index (χ1v) is 9.48. The second kappa shape index (κ2) is 11.9. The summed E-state index contributed by atoms with van der Waals surface area (Å²) in [5, 5.41) is 6.92. The molecule has 0 bridgehead atoms. The van der Waals surface area contributed by atoms with Crippen LogP contribution in [0.1, 0.15) is 20.8 Å². The molecule has 0 aromatic carbocycles. The molecule has 1 aliphatic rings.